The number of anilines is 1. The highest BCUT2D eigenvalue weighted by molar-refractivity contribution is 5.97. The first kappa shape index (κ1) is 20.4. The van der Waals surface area contributed by atoms with Gasteiger partial charge in [0.1, 0.15) is 6.54 Å². The maximum atomic E-state index is 12.7. The molecule has 2 aromatic carbocycles. The highest BCUT2D eigenvalue weighted by Crippen LogP contribution is 2.17. The molecule has 0 aliphatic carbocycles. The van der Waals surface area contributed by atoms with Gasteiger partial charge in [-0.25, -0.2) is 4.79 Å². The van der Waals surface area contributed by atoms with Gasteiger partial charge in [-0.15, -0.1) is 0 Å². The van der Waals surface area contributed by atoms with E-state index in [1.165, 1.54) is 5.56 Å². The maximum absolute atomic E-state index is 12.7. The standard InChI is InChI=1S/C24H30N4O2/c29-23-19-27(17-18-28(23)22-9-5-2-6-10-22)24(30)25-21-12-15-26(16-13-21)14-11-20-7-3-1-4-8-20/h1-10,21H,11-19H2,(H,25,30). The average Bonchev–Trinajstić information content (AvgIpc) is 2.80. The molecule has 2 fully saturated rings. The van der Waals surface area contributed by atoms with Crippen LogP contribution in [0.4, 0.5) is 10.5 Å². The summed E-state index contributed by atoms with van der Waals surface area (Å²) in [5, 5.41) is 3.15. The van der Waals surface area contributed by atoms with E-state index in [-0.39, 0.29) is 24.5 Å². The van der Waals surface area contributed by atoms with Crippen LogP contribution in [0.2, 0.25) is 0 Å². The molecular formula is C24H30N4O2. The van der Waals surface area contributed by atoms with Crippen LogP contribution >= 0.6 is 0 Å². The van der Waals surface area contributed by atoms with E-state index >= 15 is 0 Å². The average molecular weight is 407 g/mol. The minimum Gasteiger partial charge on any atom is -0.335 e. The number of benzene rings is 2. The molecule has 158 valence electrons. The number of carbonyl (C=O) groups excluding carboxylic acids is 2. The molecule has 0 atom stereocenters. The Morgan fingerprint density at radius 2 is 1.57 bits per heavy atom. The van der Waals surface area contributed by atoms with Crippen LogP contribution < -0.4 is 10.2 Å². The Balaban J connectivity index is 1.19. The van der Waals surface area contributed by atoms with Crippen molar-refractivity contribution < 1.29 is 9.59 Å². The molecular weight excluding hydrogens is 376 g/mol. The quantitative estimate of drug-likeness (QED) is 0.831. The van der Waals surface area contributed by atoms with Gasteiger partial charge in [-0.1, -0.05) is 48.5 Å². The van der Waals surface area contributed by atoms with Crippen LogP contribution in [0.1, 0.15) is 18.4 Å². The van der Waals surface area contributed by atoms with Crippen LogP contribution in [0.25, 0.3) is 0 Å². The number of rotatable bonds is 5. The number of nitrogens with zero attached hydrogens (tertiary/aromatic N) is 3. The number of carbonyl (C=O) groups is 2. The summed E-state index contributed by atoms with van der Waals surface area (Å²) in [6, 6.07) is 20.3. The third-order valence-corrected chi connectivity index (χ3v) is 6.05. The molecule has 2 aromatic rings. The topological polar surface area (TPSA) is 55.9 Å². The zero-order valence-corrected chi connectivity index (χ0v) is 17.4. The first-order valence-electron chi connectivity index (χ1n) is 10.9. The molecule has 2 saturated heterocycles. The van der Waals surface area contributed by atoms with Gasteiger partial charge >= 0.3 is 6.03 Å². The molecule has 0 bridgehead atoms. The van der Waals surface area contributed by atoms with Gasteiger partial charge < -0.3 is 20.0 Å². The fourth-order valence-corrected chi connectivity index (χ4v) is 4.23. The van der Waals surface area contributed by atoms with Gasteiger partial charge in [-0.05, 0) is 37.0 Å². The molecule has 0 saturated carbocycles. The van der Waals surface area contributed by atoms with Crippen LogP contribution in [0.5, 0.6) is 0 Å². The van der Waals surface area contributed by atoms with Gasteiger partial charge in [0.2, 0.25) is 5.91 Å². The van der Waals surface area contributed by atoms with Gasteiger partial charge in [0.05, 0.1) is 0 Å². The molecule has 6 nitrogen and oxygen atoms in total. The predicted molar refractivity (Wildman–Crippen MR) is 119 cm³/mol. The Bertz CT molecular complexity index is 835. The second-order valence-electron chi connectivity index (χ2n) is 8.10. The van der Waals surface area contributed by atoms with Crippen molar-refractivity contribution in [3.63, 3.8) is 0 Å². The van der Waals surface area contributed by atoms with Crippen LogP contribution in [0.15, 0.2) is 60.7 Å². The Hall–Kier alpha value is -2.86. The van der Waals surface area contributed by atoms with Gasteiger partial charge in [-0.3, -0.25) is 4.79 Å². The lowest BCUT2D eigenvalue weighted by molar-refractivity contribution is -0.120. The number of nitrogens with one attached hydrogen (secondary N) is 1. The number of amides is 3. The Morgan fingerprint density at radius 1 is 0.900 bits per heavy atom. The van der Waals surface area contributed by atoms with Crippen molar-refractivity contribution in [2.45, 2.75) is 25.3 Å². The molecule has 0 spiro atoms. The van der Waals surface area contributed by atoms with E-state index in [2.05, 4.69) is 34.5 Å². The van der Waals surface area contributed by atoms with Crippen molar-refractivity contribution in [1.29, 1.82) is 0 Å². The third kappa shape index (κ3) is 5.19. The summed E-state index contributed by atoms with van der Waals surface area (Å²) in [6.45, 7) is 4.28. The van der Waals surface area contributed by atoms with Crippen LogP contribution in [0, 0.1) is 0 Å². The zero-order valence-electron chi connectivity index (χ0n) is 17.4. The molecule has 3 amide bonds. The largest absolute Gasteiger partial charge is 0.335 e. The maximum Gasteiger partial charge on any atom is 0.318 e. The fourth-order valence-electron chi connectivity index (χ4n) is 4.23. The van der Waals surface area contributed by atoms with Crippen LogP contribution in [-0.2, 0) is 11.2 Å². The summed E-state index contributed by atoms with van der Waals surface area (Å²) in [5.74, 6) is -0.0293. The second-order valence-corrected chi connectivity index (χ2v) is 8.10. The van der Waals surface area contributed by atoms with Crippen molar-refractivity contribution in [1.82, 2.24) is 15.1 Å². The number of piperazine rings is 1. The smallest absolute Gasteiger partial charge is 0.318 e. The molecule has 1 N–H and O–H groups in total. The molecule has 2 heterocycles. The van der Waals surface area contributed by atoms with E-state index in [4.69, 9.17) is 0 Å². The summed E-state index contributed by atoms with van der Waals surface area (Å²) in [6.07, 6.45) is 2.97. The SMILES string of the molecule is O=C(NC1CCN(CCc2ccccc2)CC1)N1CCN(c2ccccc2)C(=O)C1. The molecule has 4 rings (SSSR count). The number of likely N-dealkylation sites (tertiary alicyclic amines) is 1. The molecule has 2 aliphatic heterocycles. The minimum absolute atomic E-state index is 0.0293. The molecule has 0 aromatic heterocycles. The molecule has 0 radical (unpaired) electrons. The highest BCUT2D eigenvalue weighted by atomic mass is 16.2. The highest BCUT2D eigenvalue weighted by Gasteiger charge is 2.29. The first-order chi connectivity index (χ1) is 14.7. The van der Waals surface area contributed by atoms with E-state index in [1.54, 1.807) is 9.80 Å². The number of hydrogen-bond donors (Lipinski definition) is 1. The van der Waals surface area contributed by atoms with Crippen molar-refractivity contribution in [2.24, 2.45) is 0 Å². The van der Waals surface area contributed by atoms with Crippen molar-refractivity contribution >= 4 is 17.6 Å². The number of piperidine rings is 1. The zero-order chi connectivity index (χ0) is 20.8. The van der Waals surface area contributed by atoms with Crippen molar-refractivity contribution in [2.75, 3.05) is 44.2 Å². The lowest BCUT2D eigenvalue weighted by Gasteiger charge is -2.37. The second kappa shape index (κ2) is 9.76. The summed E-state index contributed by atoms with van der Waals surface area (Å²) in [7, 11) is 0. The fraction of sp³-hybridized carbons (Fsp3) is 0.417. The van der Waals surface area contributed by atoms with E-state index in [1.807, 2.05) is 36.4 Å². The van der Waals surface area contributed by atoms with E-state index in [9.17, 15) is 9.59 Å². The van der Waals surface area contributed by atoms with Gasteiger partial charge in [-0.2, -0.15) is 0 Å². The van der Waals surface area contributed by atoms with E-state index < -0.39 is 0 Å². The van der Waals surface area contributed by atoms with Crippen molar-refractivity contribution in [3.8, 4) is 0 Å². The summed E-state index contributed by atoms with van der Waals surface area (Å²) >= 11 is 0. The molecule has 2 aliphatic rings. The number of para-hydroxylation sites is 1. The Kier molecular flexibility index (Phi) is 6.64. The predicted octanol–water partition coefficient (Wildman–Crippen LogP) is 2.75. The van der Waals surface area contributed by atoms with Crippen LogP contribution in [0.3, 0.4) is 0 Å². The Labute approximate surface area is 178 Å². The van der Waals surface area contributed by atoms with Crippen LogP contribution in [-0.4, -0.2) is 67.0 Å². The first-order valence-corrected chi connectivity index (χ1v) is 10.9. The third-order valence-electron chi connectivity index (χ3n) is 6.05. The lowest BCUT2D eigenvalue weighted by Crippen LogP contribution is -2.57. The number of urea groups is 1. The van der Waals surface area contributed by atoms with Gasteiger partial charge in [0, 0.05) is 44.5 Å². The molecule has 0 unspecified atom stereocenters. The van der Waals surface area contributed by atoms with Gasteiger partial charge in [0.25, 0.3) is 0 Å². The van der Waals surface area contributed by atoms with E-state index in [0.717, 1.165) is 44.6 Å². The Morgan fingerprint density at radius 3 is 2.23 bits per heavy atom. The monoisotopic (exact) mass is 406 g/mol. The minimum atomic E-state index is -0.112. The lowest BCUT2D eigenvalue weighted by atomic mass is 10.0. The van der Waals surface area contributed by atoms with E-state index in [0.29, 0.717) is 13.1 Å². The molecule has 6 heteroatoms. The number of hydrogen-bond acceptors (Lipinski definition) is 3. The van der Waals surface area contributed by atoms with Crippen molar-refractivity contribution in [3.05, 3.63) is 66.2 Å². The summed E-state index contributed by atoms with van der Waals surface area (Å²) < 4.78 is 0. The normalized spacial score (nSPS) is 18.5. The summed E-state index contributed by atoms with van der Waals surface area (Å²) in [4.78, 5) is 31.1. The summed E-state index contributed by atoms with van der Waals surface area (Å²) in [5.41, 5.74) is 2.26. The molecule has 30 heavy (non-hydrogen) atoms. The van der Waals surface area contributed by atoms with Gasteiger partial charge in [0.15, 0.2) is 0 Å².